The van der Waals surface area contributed by atoms with Gasteiger partial charge in [0.25, 0.3) is 0 Å². The molecule has 90 valence electrons. The van der Waals surface area contributed by atoms with Gasteiger partial charge in [-0.25, -0.2) is 4.39 Å². The summed E-state index contributed by atoms with van der Waals surface area (Å²) in [4.78, 5) is 4.08. The van der Waals surface area contributed by atoms with Gasteiger partial charge in [-0.2, -0.15) is 4.98 Å². The van der Waals surface area contributed by atoms with E-state index in [9.17, 15) is 4.39 Å². The number of nitrogens with zero attached hydrogens (tertiary/aromatic N) is 2. The van der Waals surface area contributed by atoms with Crippen LogP contribution in [0, 0.1) is 5.82 Å². The Bertz CT molecular complexity index is 484. The normalized spacial score (nSPS) is 10.5. The molecule has 17 heavy (non-hydrogen) atoms. The van der Waals surface area contributed by atoms with E-state index in [1.54, 1.807) is 18.2 Å². The molecular weight excluding hydrogens is 221 g/mol. The van der Waals surface area contributed by atoms with Gasteiger partial charge in [0.2, 0.25) is 5.82 Å². The van der Waals surface area contributed by atoms with Gasteiger partial charge in [0.15, 0.2) is 0 Å². The summed E-state index contributed by atoms with van der Waals surface area (Å²) in [6.07, 6.45) is 2.11. The summed E-state index contributed by atoms with van der Waals surface area (Å²) < 4.78 is 18.4. The maximum Gasteiger partial charge on any atom is 0.321 e. The number of hydrogen-bond donors (Lipinski definition) is 1. The molecule has 0 radical (unpaired) electrons. The highest BCUT2D eigenvalue weighted by Gasteiger charge is 2.11. The van der Waals surface area contributed by atoms with Gasteiger partial charge in [0.1, 0.15) is 5.82 Å². The minimum atomic E-state index is -0.353. The Balaban J connectivity index is 2.10. The van der Waals surface area contributed by atoms with Crippen molar-refractivity contribution < 1.29 is 8.91 Å². The van der Waals surface area contributed by atoms with Crippen LogP contribution in [0.5, 0.6) is 0 Å². The van der Waals surface area contributed by atoms with Crippen LogP contribution in [0.25, 0.3) is 11.4 Å². The van der Waals surface area contributed by atoms with Crippen molar-refractivity contribution in [2.45, 2.75) is 19.8 Å². The van der Waals surface area contributed by atoms with E-state index in [-0.39, 0.29) is 11.6 Å². The first kappa shape index (κ1) is 11.6. The molecule has 0 unspecified atom stereocenters. The lowest BCUT2D eigenvalue weighted by Gasteiger charge is -1.97. The number of rotatable bonds is 5. The first-order valence-electron chi connectivity index (χ1n) is 5.63. The Labute approximate surface area is 98.8 Å². The Morgan fingerprint density at radius 2 is 2.18 bits per heavy atom. The fourth-order valence-electron chi connectivity index (χ4n) is 1.42. The van der Waals surface area contributed by atoms with E-state index >= 15 is 0 Å². The van der Waals surface area contributed by atoms with Crippen molar-refractivity contribution in [2.75, 3.05) is 11.9 Å². The van der Waals surface area contributed by atoms with Crippen molar-refractivity contribution in [1.82, 2.24) is 10.1 Å². The molecule has 5 heteroatoms. The highest BCUT2D eigenvalue weighted by atomic mass is 19.1. The second kappa shape index (κ2) is 5.43. The largest absolute Gasteiger partial charge is 0.338 e. The van der Waals surface area contributed by atoms with Crippen LogP contribution in [0.1, 0.15) is 19.8 Å². The molecule has 0 aliphatic carbocycles. The zero-order valence-electron chi connectivity index (χ0n) is 9.61. The van der Waals surface area contributed by atoms with Crippen LogP contribution in [-0.2, 0) is 0 Å². The quantitative estimate of drug-likeness (QED) is 0.809. The van der Waals surface area contributed by atoms with Crippen LogP contribution in [-0.4, -0.2) is 16.7 Å². The number of halogens is 1. The lowest BCUT2D eigenvalue weighted by atomic mass is 10.2. The molecule has 1 N–H and O–H groups in total. The van der Waals surface area contributed by atoms with Crippen molar-refractivity contribution in [3.05, 3.63) is 30.1 Å². The van der Waals surface area contributed by atoms with Crippen LogP contribution >= 0.6 is 0 Å². The van der Waals surface area contributed by atoms with Gasteiger partial charge in [-0.1, -0.05) is 30.6 Å². The summed E-state index contributed by atoms with van der Waals surface area (Å²) in [7, 11) is 0. The molecule has 1 heterocycles. The molecule has 0 amide bonds. The lowest BCUT2D eigenvalue weighted by Crippen LogP contribution is -2.00. The number of nitrogens with one attached hydrogen (secondary N) is 1. The van der Waals surface area contributed by atoms with Gasteiger partial charge in [-0.3, -0.25) is 0 Å². The summed E-state index contributed by atoms with van der Waals surface area (Å²) in [5.41, 5.74) is 0.347. The summed E-state index contributed by atoms with van der Waals surface area (Å²) in [6.45, 7) is 2.87. The molecule has 0 atom stereocenters. The van der Waals surface area contributed by atoms with E-state index in [1.165, 1.54) is 6.07 Å². The van der Waals surface area contributed by atoms with E-state index in [1.807, 2.05) is 0 Å². The van der Waals surface area contributed by atoms with E-state index in [4.69, 9.17) is 4.52 Å². The van der Waals surface area contributed by atoms with Gasteiger partial charge < -0.3 is 9.84 Å². The molecule has 4 nitrogen and oxygen atoms in total. The van der Waals surface area contributed by atoms with Gasteiger partial charge in [0, 0.05) is 6.54 Å². The van der Waals surface area contributed by atoms with Crippen molar-refractivity contribution in [2.24, 2.45) is 0 Å². The number of unbranched alkanes of at least 4 members (excludes halogenated alkanes) is 1. The lowest BCUT2D eigenvalue weighted by molar-refractivity contribution is 0.431. The molecule has 0 spiro atoms. The van der Waals surface area contributed by atoms with E-state index in [0.717, 1.165) is 19.4 Å². The van der Waals surface area contributed by atoms with Crippen molar-refractivity contribution in [1.29, 1.82) is 0 Å². The fourth-order valence-corrected chi connectivity index (χ4v) is 1.42. The monoisotopic (exact) mass is 235 g/mol. The van der Waals surface area contributed by atoms with Crippen LogP contribution < -0.4 is 5.32 Å². The molecule has 0 aliphatic heterocycles. The SMILES string of the molecule is CCCCNc1nc(-c2ccccc2F)no1. The summed E-state index contributed by atoms with van der Waals surface area (Å²) >= 11 is 0. The Hall–Kier alpha value is -1.91. The van der Waals surface area contributed by atoms with Crippen molar-refractivity contribution in [3.8, 4) is 11.4 Å². The zero-order chi connectivity index (χ0) is 12.1. The molecule has 0 aliphatic rings. The molecule has 0 saturated heterocycles. The molecule has 0 saturated carbocycles. The topological polar surface area (TPSA) is 51.0 Å². The van der Waals surface area contributed by atoms with Crippen molar-refractivity contribution >= 4 is 6.01 Å². The predicted octanol–water partition coefficient (Wildman–Crippen LogP) is 3.09. The van der Waals surface area contributed by atoms with E-state index in [2.05, 4.69) is 22.4 Å². The minimum Gasteiger partial charge on any atom is -0.338 e. The van der Waals surface area contributed by atoms with Crippen LogP contribution in [0.15, 0.2) is 28.8 Å². The number of hydrogen-bond acceptors (Lipinski definition) is 4. The number of aromatic nitrogens is 2. The molecule has 0 fully saturated rings. The van der Waals surface area contributed by atoms with Gasteiger partial charge >= 0.3 is 6.01 Å². The molecule has 2 rings (SSSR count). The predicted molar refractivity (Wildman–Crippen MR) is 63.1 cm³/mol. The van der Waals surface area contributed by atoms with E-state index in [0.29, 0.717) is 11.6 Å². The average Bonchev–Trinajstić information content (AvgIpc) is 2.79. The number of benzene rings is 1. The Morgan fingerprint density at radius 3 is 2.94 bits per heavy atom. The number of anilines is 1. The molecule has 1 aromatic heterocycles. The van der Waals surface area contributed by atoms with Crippen LogP contribution in [0.4, 0.5) is 10.4 Å². The maximum atomic E-state index is 13.4. The smallest absolute Gasteiger partial charge is 0.321 e. The van der Waals surface area contributed by atoms with Crippen LogP contribution in [0.2, 0.25) is 0 Å². The second-order valence-corrected chi connectivity index (χ2v) is 3.68. The second-order valence-electron chi connectivity index (χ2n) is 3.68. The highest BCUT2D eigenvalue weighted by molar-refractivity contribution is 5.56. The van der Waals surface area contributed by atoms with Crippen molar-refractivity contribution in [3.63, 3.8) is 0 Å². The average molecular weight is 235 g/mol. The molecule has 1 aromatic carbocycles. The standard InChI is InChI=1S/C12H14FN3O/c1-2-3-8-14-12-15-11(16-17-12)9-6-4-5-7-10(9)13/h4-7H,2-3,8H2,1H3,(H,14,15,16). The Morgan fingerprint density at radius 1 is 1.35 bits per heavy atom. The summed E-state index contributed by atoms with van der Waals surface area (Å²) in [5.74, 6) is -0.0875. The van der Waals surface area contributed by atoms with Gasteiger partial charge in [0.05, 0.1) is 5.56 Å². The van der Waals surface area contributed by atoms with Crippen LogP contribution in [0.3, 0.4) is 0 Å². The third-order valence-electron chi connectivity index (χ3n) is 2.35. The Kier molecular flexibility index (Phi) is 3.69. The maximum absolute atomic E-state index is 13.4. The molecule has 2 aromatic rings. The molecular formula is C12H14FN3O. The van der Waals surface area contributed by atoms with Gasteiger partial charge in [-0.15, -0.1) is 0 Å². The molecule has 0 bridgehead atoms. The summed E-state index contributed by atoms with van der Waals surface area (Å²) in [6, 6.07) is 6.68. The third kappa shape index (κ3) is 2.81. The highest BCUT2D eigenvalue weighted by Crippen LogP contribution is 2.20. The van der Waals surface area contributed by atoms with E-state index < -0.39 is 0 Å². The zero-order valence-corrected chi connectivity index (χ0v) is 9.61. The third-order valence-corrected chi connectivity index (χ3v) is 2.35. The summed E-state index contributed by atoms with van der Waals surface area (Å²) in [5, 5.41) is 6.73. The van der Waals surface area contributed by atoms with Gasteiger partial charge in [-0.05, 0) is 18.6 Å². The first-order valence-corrected chi connectivity index (χ1v) is 5.63. The minimum absolute atomic E-state index is 0.266. The fraction of sp³-hybridized carbons (Fsp3) is 0.333. The first-order chi connectivity index (χ1) is 8.31.